The molecule has 0 N–H and O–H groups in total. The van der Waals surface area contributed by atoms with E-state index in [0.29, 0.717) is 15.8 Å². The summed E-state index contributed by atoms with van der Waals surface area (Å²) in [4.78, 5) is 14.9. The van der Waals surface area contributed by atoms with Crippen molar-refractivity contribution in [3.63, 3.8) is 0 Å². The molecule has 1 heterocycles. The van der Waals surface area contributed by atoms with Gasteiger partial charge in [-0.05, 0) is 48.9 Å². The van der Waals surface area contributed by atoms with Crippen LogP contribution in [0.4, 0.5) is 5.69 Å². The molecule has 24 heavy (non-hydrogen) atoms. The van der Waals surface area contributed by atoms with Gasteiger partial charge in [-0.2, -0.15) is 0 Å². The van der Waals surface area contributed by atoms with Gasteiger partial charge in [-0.15, -0.1) is 0 Å². The van der Waals surface area contributed by atoms with Crippen LogP contribution in [0.1, 0.15) is 12.5 Å². The largest absolute Gasteiger partial charge is 0.494 e. The summed E-state index contributed by atoms with van der Waals surface area (Å²) in [6.07, 6.45) is 1.85. The monoisotopic (exact) mass is 419 g/mol. The predicted molar refractivity (Wildman–Crippen MR) is 107 cm³/mol. The number of carbonyl (C=O) groups is 1. The van der Waals surface area contributed by atoms with E-state index < -0.39 is 0 Å². The van der Waals surface area contributed by atoms with Gasteiger partial charge in [-0.25, -0.2) is 0 Å². The third-order valence-corrected chi connectivity index (χ3v) is 5.14. The molecule has 0 aliphatic carbocycles. The number of benzene rings is 2. The zero-order valence-corrected chi connectivity index (χ0v) is 16.1. The number of hydrogen-bond donors (Lipinski definition) is 0. The summed E-state index contributed by atoms with van der Waals surface area (Å²) < 4.78 is 6.87. The normalized spacial score (nSPS) is 16.1. The molecule has 1 aliphatic rings. The van der Waals surface area contributed by atoms with Crippen molar-refractivity contribution in [3.8, 4) is 5.75 Å². The Labute approximate surface area is 158 Å². The van der Waals surface area contributed by atoms with E-state index in [1.807, 2.05) is 61.5 Å². The summed E-state index contributed by atoms with van der Waals surface area (Å²) >= 11 is 10.1. The zero-order valence-electron chi connectivity index (χ0n) is 12.9. The molecule has 2 aromatic rings. The van der Waals surface area contributed by atoms with Gasteiger partial charge in [0.15, 0.2) is 4.32 Å². The van der Waals surface area contributed by atoms with E-state index in [1.54, 1.807) is 4.90 Å². The van der Waals surface area contributed by atoms with Crippen molar-refractivity contribution in [3.05, 3.63) is 63.5 Å². The minimum Gasteiger partial charge on any atom is -0.494 e. The van der Waals surface area contributed by atoms with Gasteiger partial charge in [0.05, 0.1) is 17.2 Å². The molecular weight excluding hydrogens is 406 g/mol. The molecule has 0 aromatic heterocycles. The van der Waals surface area contributed by atoms with Gasteiger partial charge in [-0.1, -0.05) is 58.1 Å². The zero-order chi connectivity index (χ0) is 17.1. The van der Waals surface area contributed by atoms with Crippen LogP contribution in [0, 0.1) is 0 Å². The van der Waals surface area contributed by atoms with Gasteiger partial charge in [0.25, 0.3) is 5.91 Å². The van der Waals surface area contributed by atoms with Crippen LogP contribution in [0.2, 0.25) is 0 Å². The SMILES string of the molecule is CCOc1ccc(C=C2SC(=S)N(c3cccc(Br)c3)C2=O)cc1. The Balaban J connectivity index is 1.85. The van der Waals surface area contributed by atoms with E-state index in [-0.39, 0.29) is 5.91 Å². The van der Waals surface area contributed by atoms with Crippen LogP contribution in [0.3, 0.4) is 0 Å². The number of hydrogen-bond acceptors (Lipinski definition) is 4. The second kappa shape index (κ2) is 7.51. The number of nitrogens with zero attached hydrogens (tertiary/aromatic N) is 1. The molecule has 1 aliphatic heterocycles. The molecule has 122 valence electrons. The maximum absolute atomic E-state index is 12.7. The molecule has 0 radical (unpaired) electrons. The molecule has 0 saturated carbocycles. The highest BCUT2D eigenvalue weighted by atomic mass is 79.9. The molecule has 0 spiro atoms. The summed E-state index contributed by atoms with van der Waals surface area (Å²) in [5, 5.41) is 0. The smallest absolute Gasteiger partial charge is 0.270 e. The van der Waals surface area contributed by atoms with Gasteiger partial charge >= 0.3 is 0 Å². The van der Waals surface area contributed by atoms with Gasteiger partial charge < -0.3 is 4.74 Å². The summed E-state index contributed by atoms with van der Waals surface area (Å²) in [6, 6.07) is 15.2. The highest BCUT2D eigenvalue weighted by Gasteiger charge is 2.33. The Morgan fingerprint density at radius 1 is 1.25 bits per heavy atom. The number of thiocarbonyl (C=S) groups is 1. The van der Waals surface area contributed by atoms with Crippen molar-refractivity contribution in [2.75, 3.05) is 11.5 Å². The molecule has 2 aromatic carbocycles. The van der Waals surface area contributed by atoms with Crippen LogP contribution < -0.4 is 9.64 Å². The molecule has 3 nitrogen and oxygen atoms in total. The van der Waals surface area contributed by atoms with E-state index in [1.165, 1.54) is 11.8 Å². The Kier molecular flexibility index (Phi) is 5.38. The van der Waals surface area contributed by atoms with Crippen LogP contribution in [-0.4, -0.2) is 16.8 Å². The van der Waals surface area contributed by atoms with E-state index in [0.717, 1.165) is 21.5 Å². The van der Waals surface area contributed by atoms with Gasteiger partial charge in [0.2, 0.25) is 0 Å². The second-order valence-electron chi connectivity index (χ2n) is 5.00. The molecule has 0 atom stereocenters. The maximum atomic E-state index is 12.7. The maximum Gasteiger partial charge on any atom is 0.270 e. The van der Waals surface area contributed by atoms with Crippen LogP contribution in [0.25, 0.3) is 6.08 Å². The molecule has 1 fully saturated rings. The number of rotatable bonds is 4. The van der Waals surface area contributed by atoms with Crippen LogP contribution in [0.5, 0.6) is 5.75 Å². The summed E-state index contributed by atoms with van der Waals surface area (Å²) in [5.41, 5.74) is 1.70. The van der Waals surface area contributed by atoms with E-state index in [2.05, 4.69) is 15.9 Å². The predicted octanol–water partition coefficient (Wildman–Crippen LogP) is 5.25. The van der Waals surface area contributed by atoms with Crippen molar-refractivity contribution >= 4 is 61.9 Å². The summed E-state index contributed by atoms with van der Waals surface area (Å²) in [5.74, 6) is 0.716. The lowest BCUT2D eigenvalue weighted by Crippen LogP contribution is -2.27. The fourth-order valence-corrected chi connectivity index (χ4v) is 3.97. The van der Waals surface area contributed by atoms with Gasteiger partial charge in [0, 0.05) is 4.47 Å². The lowest BCUT2D eigenvalue weighted by atomic mass is 10.2. The fraction of sp³-hybridized carbons (Fsp3) is 0.111. The Morgan fingerprint density at radius 3 is 2.67 bits per heavy atom. The Morgan fingerprint density at radius 2 is 2.00 bits per heavy atom. The van der Waals surface area contributed by atoms with Crippen LogP contribution in [0.15, 0.2) is 57.9 Å². The van der Waals surface area contributed by atoms with Crippen molar-refractivity contribution in [1.82, 2.24) is 0 Å². The molecule has 0 unspecified atom stereocenters. The minimum absolute atomic E-state index is 0.100. The number of carbonyl (C=O) groups excluding carboxylic acids is 1. The van der Waals surface area contributed by atoms with E-state index >= 15 is 0 Å². The second-order valence-corrected chi connectivity index (χ2v) is 7.59. The topological polar surface area (TPSA) is 29.5 Å². The summed E-state index contributed by atoms with van der Waals surface area (Å²) in [7, 11) is 0. The molecule has 1 saturated heterocycles. The Hall–Kier alpha value is -1.63. The molecule has 0 bridgehead atoms. The number of thioether (sulfide) groups is 1. The first kappa shape index (κ1) is 17.2. The quantitative estimate of drug-likeness (QED) is 0.499. The van der Waals surface area contributed by atoms with E-state index in [9.17, 15) is 4.79 Å². The standard InChI is InChI=1S/C18H14BrNO2S2/c1-2-22-15-8-6-12(7-9-15)10-16-17(21)20(18(23)24-16)14-5-3-4-13(19)11-14/h3-11H,2H2,1H3. The molecule has 6 heteroatoms. The first-order valence-electron chi connectivity index (χ1n) is 7.35. The fourth-order valence-electron chi connectivity index (χ4n) is 2.28. The number of halogens is 1. The van der Waals surface area contributed by atoms with Crippen molar-refractivity contribution in [2.24, 2.45) is 0 Å². The van der Waals surface area contributed by atoms with Gasteiger partial charge in [-0.3, -0.25) is 9.69 Å². The third-order valence-electron chi connectivity index (χ3n) is 3.35. The van der Waals surface area contributed by atoms with Crippen LogP contribution >= 0.6 is 39.9 Å². The first-order valence-corrected chi connectivity index (χ1v) is 9.36. The summed E-state index contributed by atoms with van der Waals surface area (Å²) in [6.45, 7) is 2.58. The molecule has 1 amide bonds. The van der Waals surface area contributed by atoms with Crippen LogP contribution in [-0.2, 0) is 4.79 Å². The third kappa shape index (κ3) is 3.71. The number of ether oxygens (including phenoxy) is 1. The van der Waals surface area contributed by atoms with E-state index in [4.69, 9.17) is 17.0 Å². The highest BCUT2D eigenvalue weighted by molar-refractivity contribution is 9.10. The molecular formula is C18H14BrNO2S2. The Bertz CT molecular complexity index is 818. The molecule has 3 rings (SSSR count). The van der Waals surface area contributed by atoms with Crippen molar-refractivity contribution < 1.29 is 9.53 Å². The number of amides is 1. The lowest BCUT2D eigenvalue weighted by molar-refractivity contribution is -0.113. The lowest BCUT2D eigenvalue weighted by Gasteiger charge is -2.14. The van der Waals surface area contributed by atoms with Crippen molar-refractivity contribution in [2.45, 2.75) is 6.92 Å². The number of anilines is 1. The average molecular weight is 420 g/mol. The van der Waals surface area contributed by atoms with Gasteiger partial charge in [0.1, 0.15) is 5.75 Å². The highest BCUT2D eigenvalue weighted by Crippen LogP contribution is 2.36. The first-order chi connectivity index (χ1) is 11.6. The average Bonchev–Trinajstić information content (AvgIpc) is 2.83. The van der Waals surface area contributed by atoms with Crippen molar-refractivity contribution in [1.29, 1.82) is 0 Å². The minimum atomic E-state index is -0.100.